The second-order valence-corrected chi connectivity index (χ2v) is 8.14. The first-order valence-electron chi connectivity index (χ1n) is 9.09. The average molecular weight is 299 g/mol. The lowest BCUT2D eigenvalue weighted by atomic mass is 9.89. The van der Waals surface area contributed by atoms with Crippen LogP contribution in [0.4, 0.5) is 0 Å². The van der Waals surface area contributed by atoms with Crippen molar-refractivity contribution in [1.82, 2.24) is 4.90 Å². The van der Waals surface area contributed by atoms with Crippen molar-refractivity contribution in [2.75, 3.05) is 13.1 Å². The Morgan fingerprint density at radius 2 is 2.00 bits per heavy atom. The predicted octanol–water partition coefficient (Wildman–Crippen LogP) is 4.05. The van der Waals surface area contributed by atoms with E-state index in [1.165, 1.54) is 38.6 Å². The van der Waals surface area contributed by atoms with Gasteiger partial charge in [0.05, 0.1) is 11.7 Å². The SMILES string of the molecule is CCc1cc2c(cc1C1CC1)CN(CC1CC(C)(C)O1)CC2. The third kappa shape index (κ3) is 2.83. The molecule has 0 spiro atoms. The van der Waals surface area contributed by atoms with Crippen LogP contribution in [0.3, 0.4) is 0 Å². The average Bonchev–Trinajstić information content (AvgIpc) is 3.28. The number of nitrogens with zero attached hydrogens (tertiary/aromatic N) is 1. The van der Waals surface area contributed by atoms with Gasteiger partial charge in [-0.2, -0.15) is 0 Å². The number of hydrogen-bond donors (Lipinski definition) is 0. The highest BCUT2D eigenvalue weighted by Crippen LogP contribution is 2.43. The summed E-state index contributed by atoms with van der Waals surface area (Å²) in [5.41, 5.74) is 6.58. The molecule has 0 radical (unpaired) electrons. The summed E-state index contributed by atoms with van der Waals surface area (Å²) >= 11 is 0. The largest absolute Gasteiger partial charge is 0.371 e. The first-order chi connectivity index (χ1) is 10.5. The minimum Gasteiger partial charge on any atom is -0.371 e. The van der Waals surface area contributed by atoms with Crippen LogP contribution in [0.5, 0.6) is 0 Å². The predicted molar refractivity (Wildman–Crippen MR) is 90.3 cm³/mol. The summed E-state index contributed by atoms with van der Waals surface area (Å²) < 4.78 is 5.98. The summed E-state index contributed by atoms with van der Waals surface area (Å²) in [5, 5.41) is 0. The van der Waals surface area contributed by atoms with Crippen LogP contribution in [0.25, 0.3) is 0 Å². The lowest BCUT2D eigenvalue weighted by Gasteiger charge is -2.45. The molecule has 2 heterocycles. The van der Waals surface area contributed by atoms with Crippen molar-refractivity contribution in [3.8, 4) is 0 Å². The fourth-order valence-electron chi connectivity index (χ4n) is 4.35. The molecule has 2 heteroatoms. The van der Waals surface area contributed by atoms with E-state index in [1.807, 2.05) is 0 Å². The topological polar surface area (TPSA) is 12.5 Å². The van der Waals surface area contributed by atoms with Crippen molar-refractivity contribution in [2.24, 2.45) is 0 Å². The summed E-state index contributed by atoms with van der Waals surface area (Å²) in [7, 11) is 0. The number of rotatable bonds is 4. The van der Waals surface area contributed by atoms with E-state index in [9.17, 15) is 0 Å². The molecule has 0 aromatic heterocycles. The van der Waals surface area contributed by atoms with Gasteiger partial charge in [0.25, 0.3) is 0 Å². The Balaban J connectivity index is 1.47. The lowest BCUT2D eigenvalue weighted by molar-refractivity contribution is -0.191. The van der Waals surface area contributed by atoms with E-state index < -0.39 is 0 Å². The minimum atomic E-state index is 0.119. The molecule has 2 nitrogen and oxygen atoms in total. The van der Waals surface area contributed by atoms with E-state index in [-0.39, 0.29) is 5.60 Å². The van der Waals surface area contributed by atoms with Crippen molar-refractivity contribution >= 4 is 0 Å². The molecule has 0 bridgehead atoms. The maximum Gasteiger partial charge on any atom is 0.0736 e. The highest BCUT2D eigenvalue weighted by atomic mass is 16.5. The van der Waals surface area contributed by atoms with Gasteiger partial charge in [0, 0.05) is 26.1 Å². The van der Waals surface area contributed by atoms with Crippen LogP contribution in [0.2, 0.25) is 0 Å². The molecule has 1 saturated carbocycles. The number of ether oxygens (including phenoxy) is 1. The zero-order chi connectivity index (χ0) is 15.3. The summed E-state index contributed by atoms with van der Waals surface area (Å²) in [6.45, 7) is 10.1. The van der Waals surface area contributed by atoms with E-state index in [2.05, 4.69) is 37.8 Å². The van der Waals surface area contributed by atoms with Crippen LogP contribution in [-0.2, 0) is 24.1 Å². The minimum absolute atomic E-state index is 0.119. The van der Waals surface area contributed by atoms with Crippen molar-refractivity contribution in [1.29, 1.82) is 0 Å². The van der Waals surface area contributed by atoms with Gasteiger partial charge in [-0.05, 0) is 67.7 Å². The van der Waals surface area contributed by atoms with Gasteiger partial charge in [0.2, 0.25) is 0 Å². The van der Waals surface area contributed by atoms with E-state index in [0.29, 0.717) is 6.10 Å². The third-order valence-corrected chi connectivity index (χ3v) is 5.62. The molecule has 22 heavy (non-hydrogen) atoms. The molecular formula is C20H29NO. The highest BCUT2D eigenvalue weighted by molar-refractivity contribution is 5.43. The maximum absolute atomic E-state index is 5.98. The van der Waals surface area contributed by atoms with Gasteiger partial charge in [-0.25, -0.2) is 0 Å². The van der Waals surface area contributed by atoms with Crippen LogP contribution < -0.4 is 0 Å². The summed E-state index contributed by atoms with van der Waals surface area (Å²) in [6, 6.07) is 5.06. The quantitative estimate of drug-likeness (QED) is 0.831. The Bertz CT molecular complexity index is 565. The van der Waals surface area contributed by atoms with Gasteiger partial charge in [-0.3, -0.25) is 4.90 Å². The Hall–Kier alpha value is -0.860. The van der Waals surface area contributed by atoms with Gasteiger partial charge < -0.3 is 4.74 Å². The van der Waals surface area contributed by atoms with Gasteiger partial charge in [0.15, 0.2) is 0 Å². The number of hydrogen-bond acceptors (Lipinski definition) is 2. The standard InChI is InChI=1S/C20H29NO/c1-4-14-9-16-7-8-21(13-18-11-20(2,3)22-18)12-17(16)10-19(14)15-5-6-15/h9-10,15,18H,4-8,11-13H2,1-3H3. The summed E-state index contributed by atoms with van der Waals surface area (Å²) in [4.78, 5) is 2.60. The molecule has 2 fully saturated rings. The zero-order valence-corrected chi connectivity index (χ0v) is 14.3. The molecule has 1 aromatic rings. The van der Waals surface area contributed by atoms with Gasteiger partial charge >= 0.3 is 0 Å². The van der Waals surface area contributed by atoms with Crippen molar-refractivity contribution in [2.45, 2.75) is 77.0 Å². The number of aryl methyl sites for hydroxylation is 1. The Morgan fingerprint density at radius 1 is 1.23 bits per heavy atom. The second-order valence-electron chi connectivity index (χ2n) is 8.14. The third-order valence-electron chi connectivity index (χ3n) is 5.62. The lowest BCUT2D eigenvalue weighted by Crippen LogP contribution is -2.51. The van der Waals surface area contributed by atoms with E-state index in [4.69, 9.17) is 4.74 Å². The Labute approximate surface area is 134 Å². The Kier molecular flexibility index (Phi) is 3.58. The molecule has 2 aliphatic heterocycles. The fourth-order valence-corrected chi connectivity index (χ4v) is 4.35. The van der Waals surface area contributed by atoms with Crippen molar-refractivity contribution < 1.29 is 4.74 Å². The molecule has 1 saturated heterocycles. The van der Waals surface area contributed by atoms with Gasteiger partial charge in [-0.1, -0.05) is 19.1 Å². The van der Waals surface area contributed by atoms with Gasteiger partial charge in [-0.15, -0.1) is 0 Å². The molecule has 120 valence electrons. The summed E-state index contributed by atoms with van der Waals surface area (Å²) in [5.74, 6) is 0.867. The van der Waals surface area contributed by atoms with Crippen LogP contribution in [0.15, 0.2) is 12.1 Å². The Morgan fingerprint density at radius 3 is 2.64 bits per heavy atom. The first kappa shape index (κ1) is 14.7. The smallest absolute Gasteiger partial charge is 0.0736 e. The van der Waals surface area contributed by atoms with Crippen LogP contribution in [0.1, 0.15) is 68.2 Å². The maximum atomic E-state index is 5.98. The molecule has 1 aliphatic carbocycles. The normalized spacial score (nSPS) is 27.3. The number of fused-ring (bicyclic) bond motifs is 1. The van der Waals surface area contributed by atoms with E-state index >= 15 is 0 Å². The molecule has 1 aromatic carbocycles. The second kappa shape index (κ2) is 5.35. The molecule has 1 atom stereocenters. The monoisotopic (exact) mass is 299 g/mol. The van der Waals surface area contributed by atoms with Crippen LogP contribution >= 0.6 is 0 Å². The number of benzene rings is 1. The van der Waals surface area contributed by atoms with E-state index in [1.54, 1.807) is 22.3 Å². The molecule has 1 unspecified atom stereocenters. The van der Waals surface area contributed by atoms with Crippen molar-refractivity contribution in [3.63, 3.8) is 0 Å². The highest BCUT2D eigenvalue weighted by Gasteiger charge is 2.38. The fraction of sp³-hybridized carbons (Fsp3) is 0.700. The van der Waals surface area contributed by atoms with Crippen LogP contribution in [0, 0.1) is 0 Å². The van der Waals surface area contributed by atoms with Crippen LogP contribution in [-0.4, -0.2) is 29.7 Å². The van der Waals surface area contributed by atoms with Gasteiger partial charge in [0.1, 0.15) is 0 Å². The molecule has 3 aliphatic rings. The summed E-state index contributed by atoms with van der Waals surface area (Å²) in [6.07, 6.45) is 6.87. The van der Waals surface area contributed by atoms with Crippen molar-refractivity contribution in [3.05, 3.63) is 34.4 Å². The molecule has 0 amide bonds. The molecule has 0 N–H and O–H groups in total. The zero-order valence-electron chi connectivity index (χ0n) is 14.3. The molecule has 4 rings (SSSR count). The molecular weight excluding hydrogens is 270 g/mol. The first-order valence-corrected chi connectivity index (χ1v) is 9.09. The van der Waals surface area contributed by atoms with E-state index in [0.717, 1.165) is 19.0 Å².